The second kappa shape index (κ2) is 5.12. The highest BCUT2D eigenvalue weighted by molar-refractivity contribution is 7.00. The summed E-state index contributed by atoms with van der Waals surface area (Å²) in [5.41, 5.74) is 0.401. The summed E-state index contributed by atoms with van der Waals surface area (Å²) in [5.74, 6) is 0.261. The van der Waals surface area contributed by atoms with E-state index in [4.69, 9.17) is 16.3 Å². The lowest BCUT2D eigenvalue weighted by atomic mass is 10.3. The van der Waals surface area contributed by atoms with Gasteiger partial charge in [0.25, 0.3) is 0 Å². The van der Waals surface area contributed by atoms with Crippen LogP contribution >= 0.6 is 23.3 Å². The number of benzene rings is 1. The standard InChI is InChI=1S/C12H5ClF3N3OS/c13-8-3-6(12(14,15)16)5-17-11(8)20-7-1-2-9-10(4-7)19-21-18-9/h1-5H. The monoisotopic (exact) mass is 331 g/mol. The summed E-state index contributed by atoms with van der Waals surface area (Å²) in [7, 11) is 0. The van der Waals surface area contributed by atoms with Gasteiger partial charge in [-0.15, -0.1) is 0 Å². The van der Waals surface area contributed by atoms with Gasteiger partial charge in [-0.3, -0.25) is 0 Å². The van der Waals surface area contributed by atoms with Crippen LogP contribution in [0.25, 0.3) is 11.0 Å². The summed E-state index contributed by atoms with van der Waals surface area (Å²) in [6.07, 6.45) is -3.83. The van der Waals surface area contributed by atoms with E-state index in [1.807, 2.05) is 0 Å². The molecule has 0 radical (unpaired) electrons. The van der Waals surface area contributed by atoms with Crippen molar-refractivity contribution in [3.8, 4) is 11.6 Å². The molecular formula is C12H5ClF3N3OS. The Labute approximate surface area is 125 Å². The second-order valence-electron chi connectivity index (χ2n) is 4.03. The van der Waals surface area contributed by atoms with Gasteiger partial charge in [0.2, 0.25) is 5.88 Å². The van der Waals surface area contributed by atoms with Crippen molar-refractivity contribution in [2.24, 2.45) is 0 Å². The van der Waals surface area contributed by atoms with Crippen molar-refractivity contribution in [2.75, 3.05) is 0 Å². The summed E-state index contributed by atoms with van der Waals surface area (Å²) in [6.45, 7) is 0. The molecule has 3 rings (SSSR count). The van der Waals surface area contributed by atoms with Crippen molar-refractivity contribution in [3.63, 3.8) is 0 Å². The number of rotatable bonds is 2. The molecule has 0 fully saturated rings. The number of nitrogens with zero attached hydrogens (tertiary/aromatic N) is 3. The van der Waals surface area contributed by atoms with Gasteiger partial charge in [-0.25, -0.2) is 4.98 Å². The minimum Gasteiger partial charge on any atom is -0.437 e. The van der Waals surface area contributed by atoms with Crippen LogP contribution in [0.3, 0.4) is 0 Å². The Morgan fingerprint density at radius 3 is 2.57 bits per heavy atom. The fraction of sp³-hybridized carbons (Fsp3) is 0.0833. The van der Waals surface area contributed by atoms with Crippen molar-refractivity contribution in [3.05, 3.63) is 41.0 Å². The number of hydrogen-bond donors (Lipinski definition) is 0. The average Bonchev–Trinajstić information content (AvgIpc) is 2.87. The Morgan fingerprint density at radius 2 is 1.86 bits per heavy atom. The normalized spacial score (nSPS) is 11.8. The first kappa shape index (κ1) is 14.0. The molecule has 0 saturated carbocycles. The molecule has 9 heteroatoms. The zero-order valence-electron chi connectivity index (χ0n) is 10.1. The molecule has 0 saturated heterocycles. The van der Waals surface area contributed by atoms with Gasteiger partial charge in [0.1, 0.15) is 21.8 Å². The van der Waals surface area contributed by atoms with Crippen LogP contribution < -0.4 is 4.74 Å². The minimum absolute atomic E-state index is 0.104. The summed E-state index contributed by atoms with van der Waals surface area (Å²) in [4.78, 5) is 3.60. The number of halogens is 4. The Morgan fingerprint density at radius 1 is 1.10 bits per heavy atom. The molecule has 0 amide bonds. The predicted octanol–water partition coefficient (Wildman–Crippen LogP) is 4.55. The maximum atomic E-state index is 12.5. The zero-order valence-corrected chi connectivity index (χ0v) is 11.6. The van der Waals surface area contributed by atoms with Crippen LogP contribution in [0.5, 0.6) is 11.6 Å². The van der Waals surface area contributed by atoms with E-state index in [9.17, 15) is 13.2 Å². The first-order valence-corrected chi connectivity index (χ1v) is 6.67. The van der Waals surface area contributed by atoms with E-state index in [0.29, 0.717) is 23.0 Å². The number of ether oxygens (including phenoxy) is 1. The van der Waals surface area contributed by atoms with Gasteiger partial charge in [-0.1, -0.05) is 11.6 Å². The number of pyridine rings is 1. The van der Waals surface area contributed by atoms with Crippen LogP contribution in [0.4, 0.5) is 13.2 Å². The van der Waals surface area contributed by atoms with Gasteiger partial charge in [-0.05, 0) is 18.2 Å². The summed E-state index contributed by atoms with van der Waals surface area (Å²) < 4.78 is 51.0. The van der Waals surface area contributed by atoms with E-state index in [1.54, 1.807) is 18.2 Å². The Bertz CT molecular complexity index is 806. The molecule has 3 aromatic rings. The molecule has 0 unspecified atom stereocenters. The lowest BCUT2D eigenvalue weighted by molar-refractivity contribution is -0.137. The highest BCUT2D eigenvalue weighted by Gasteiger charge is 2.31. The van der Waals surface area contributed by atoms with Crippen molar-refractivity contribution >= 4 is 34.4 Å². The smallest absolute Gasteiger partial charge is 0.417 e. The van der Waals surface area contributed by atoms with Crippen LogP contribution in [-0.4, -0.2) is 13.7 Å². The van der Waals surface area contributed by atoms with Crippen LogP contribution in [0.1, 0.15) is 5.56 Å². The number of hydrogen-bond acceptors (Lipinski definition) is 5. The third-order valence-electron chi connectivity index (χ3n) is 2.57. The highest BCUT2D eigenvalue weighted by atomic mass is 35.5. The molecule has 0 spiro atoms. The molecule has 108 valence electrons. The van der Waals surface area contributed by atoms with Gasteiger partial charge < -0.3 is 4.74 Å². The van der Waals surface area contributed by atoms with Crippen molar-refractivity contribution in [2.45, 2.75) is 6.18 Å². The Balaban J connectivity index is 1.90. The van der Waals surface area contributed by atoms with E-state index < -0.39 is 11.7 Å². The predicted molar refractivity (Wildman–Crippen MR) is 71.7 cm³/mol. The highest BCUT2D eigenvalue weighted by Crippen LogP contribution is 2.34. The topological polar surface area (TPSA) is 47.9 Å². The SMILES string of the molecule is FC(F)(F)c1cnc(Oc2ccc3nsnc3c2)c(Cl)c1. The lowest BCUT2D eigenvalue weighted by Crippen LogP contribution is -2.05. The van der Waals surface area contributed by atoms with E-state index >= 15 is 0 Å². The summed E-state index contributed by atoms with van der Waals surface area (Å²) in [6, 6.07) is 5.67. The quantitative estimate of drug-likeness (QED) is 0.691. The zero-order chi connectivity index (χ0) is 15.0. The number of aromatic nitrogens is 3. The second-order valence-corrected chi connectivity index (χ2v) is 4.96. The van der Waals surface area contributed by atoms with E-state index in [0.717, 1.165) is 17.8 Å². The van der Waals surface area contributed by atoms with Crippen LogP contribution in [0, 0.1) is 0 Å². The molecule has 0 bridgehead atoms. The molecule has 4 nitrogen and oxygen atoms in total. The van der Waals surface area contributed by atoms with Crippen LogP contribution in [0.15, 0.2) is 30.5 Å². The molecule has 0 aliphatic heterocycles. The third kappa shape index (κ3) is 2.91. The molecule has 0 N–H and O–H groups in total. The fourth-order valence-corrected chi connectivity index (χ4v) is 2.31. The number of alkyl halides is 3. The molecule has 0 atom stereocenters. The third-order valence-corrected chi connectivity index (χ3v) is 3.40. The molecule has 0 aliphatic rings. The fourth-order valence-electron chi connectivity index (χ4n) is 1.59. The van der Waals surface area contributed by atoms with Gasteiger partial charge in [-0.2, -0.15) is 21.9 Å². The average molecular weight is 332 g/mol. The Kier molecular flexibility index (Phi) is 3.42. The van der Waals surface area contributed by atoms with Crippen molar-refractivity contribution < 1.29 is 17.9 Å². The molecule has 2 aromatic heterocycles. The molecule has 21 heavy (non-hydrogen) atoms. The summed E-state index contributed by atoms with van der Waals surface area (Å²) >= 11 is 6.82. The van der Waals surface area contributed by atoms with Gasteiger partial charge >= 0.3 is 6.18 Å². The summed E-state index contributed by atoms with van der Waals surface area (Å²) in [5, 5.41) is -0.221. The largest absolute Gasteiger partial charge is 0.437 e. The minimum atomic E-state index is -4.50. The van der Waals surface area contributed by atoms with Gasteiger partial charge in [0.05, 0.1) is 17.3 Å². The van der Waals surface area contributed by atoms with Gasteiger partial charge in [0.15, 0.2) is 0 Å². The lowest BCUT2D eigenvalue weighted by Gasteiger charge is -2.09. The maximum Gasteiger partial charge on any atom is 0.417 e. The first-order valence-electron chi connectivity index (χ1n) is 5.56. The maximum absolute atomic E-state index is 12.5. The van der Waals surface area contributed by atoms with Crippen molar-refractivity contribution in [1.29, 1.82) is 0 Å². The molecule has 0 aliphatic carbocycles. The molecule has 1 aromatic carbocycles. The first-order chi connectivity index (χ1) is 9.93. The van der Waals surface area contributed by atoms with Crippen LogP contribution in [-0.2, 0) is 6.18 Å². The van der Waals surface area contributed by atoms with Crippen LogP contribution in [0.2, 0.25) is 5.02 Å². The van der Waals surface area contributed by atoms with Gasteiger partial charge in [0, 0.05) is 12.3 Å². The van der Waals surface area contributed by atoms with E-state index in [-0.39, 0.29) is 10.9 Å². The van der Waals surface area contributed by atoms with E-state index in [2.05, 4.69) is 13.7 Å². The van der Waals surface area contributed by atoms with E-state index in [1.165, 1.54) is 0 Å². The Hall–Kier alpha value is -1.93. The number of fused-ring (bicyclic) bond motifs is 1. The molecular weight excluding hydrogens is 327 g/mol. The molecule has 2 heterocycles. The van der Waals surface area contributed by atoms with Crippen molar-refractivity contribution in [1.82, 2.24) is 13.7 Å².